The van der Waals surface area contributed by atoms with Gasteiger partial charge in [0.2, 0.25) is 5.95 Å². The van der Waals surface area contributed by atoms with Crippen molar-refractivity contribution in [3.05, 3.63) is 58.8 Å². The lowest BCUT2D eigenvalue weighted by molar-refractivity contribution is -0.431. The molecule has 0 saturated carbocycles. The standard InChI is InChI=1S/C25H25F5N5O3S/c1-24(2)10-15(16-12-31-19-9-18(27)33-35(19)21(16)24)14-8-17(26)20(32-11-14)22(25(28,29)30)34(3)23(36)13-4-6-39(37,38)7-5-13/h8-9,11-13,15H,4-7,10H2,1-3H3/q+1/t15-/m1/s1. The first-order valence-electron chi connectivity index (χ1n) is 12.2. The zero-order chi connectivity index (χ0) is 28.5. The number of amides is 1. The van der Waals surface area contributed by atoms with Crippen LogP contribution in [0.15, 0.2) is 24.5 Å². The maximum Gasteiger partial charge on any atom is 0.480 e. The lowest BCUT2D eigenvalue weighted by Gasteiger charge is -2.20. The molecule has 1 aliphatic carbocycles. The smallest absolute Gasteiger partial charge is 0.247 e. The predicted octanol–water partition coefficient (Wildman–Crippen LogP) is 3.56. The fourth-order valence-electron chi connectivity index (χ4n) is 5.69. The number of rotatable bonds is 3. The van der Waals surface area contributed by atoms with E-state index < -0.39 is 62.3 Å². The molecule has 5 rings (SSSR count). The summed E-state index contributed by atoms with van der Waals surface area (Å²) < 4.78 is 96.7. The SMILES string of the molecule is C[N+](C(=O)C1CCS(=O)(=O)CC1)=C(c1ncc([C@H]2CC(C)(C)c3c2cnc2cc(F)nn32)cc1F)C(F)(F)F. The van der Waals surface area contributed by atoms with E-state index in [1.807, 2.05) is 13.8 Å². The quantitative estimate of drug-likeness (QED) is 0.272. The molecule has 2 aliphatic rings. The molecule has 8 nitrogen and oxygen atoms in total. The molecule has 0 aromatic carbocycles. The van der Waals surface area contributed by atoms with Gasteiger partial charge in [-0.2, -0.15) is 22.1 Å². The summed E-state index contributed by atoms with van der Waals surface area (Å²) in [5, 5.41) is 3.87. The molecule has 0 spiro atoms. The van der Waals surface area contributed by atoms with E-state index in [4.69, 9.17) is 0 Å². The van der Waals surface area contributed by atoms with Gasteiger partial charge in [0.05, 0.1) is 23.1 Å². The molecule has 4 heterocycles. The maximum atomic E-state index is 15.4. The van der Waals surface area contributed by atoms with Crippen molar-refractivity contribution < 1.29 is 39.7 Å². The van der Waals surface area contributed by atoms with E-state index in [2.05, 4.69) is 15.1 Å². The minimum atomic E-state index is -5.12. The topological polar surface area (TPSA) is 97.3 Å². The third kappa shape index (κ3) is 4.83. The Morgan fingerprint density at radius 2 is 1.77 bits per heavy atom. The summed E-state index contributed by atoms with van der Waals surface area (Å²) in [5.74, 6) is -4.96. The Morgan fingerprint density at radius 1 is 1.10 bits per heavy atom. The van der Waals surface area contributed by atoms with Gasteiger partial charge in [0.25, 0.3) is 0 Å². The zero-order valence-corrected chi connectivity index (χ0v) is 22.1. The Hall–Kier alpha value is -3.29. The van der Waals surface area contributed by atoms with Gasteiger partial charge in [0.1, 0.15) is 16.9 Å². The highest BCUT2D eigenvalue weighted by atomic mass is 32.2. The van der Waals surface area contributed by atoms with Gasteiger partial charge in [-0.15, -0.1) is 5.10 Å². The second-order valence-corrected chi connectivity index (χ2v) is 13.0. The Balaban J connectivity index is 1.54. The van der Waals surface area contributed by atoms with Crippen molar-refractivity contribution in [3.63, 3.8) is 0 Å². The molecular weight excluding hydrogens is 545 g/mol. The summed E-state index contributed by atoms with van der Waals surface area (Å²) in [6, 6.07) is 2.14. The molecule has 0 bridgehead atoms. The summed E-state index contributed by atoms with van der Waals surface area (Å²) in [4.78, 5) is 20.9. The molecule has 3 aromatic heterocycles. The van der Waals surface area contributed by atoms with Gasteiger partial charge in [0.15, 0.2) is 17.2 Å². The van der Waals surface area contributed by atoms with Crippen molar-refractivity contribution in [1.82, 2.24) is 19.6 Å². The molecule has 14 heteroatoms. The van der Waals surface area contributed by atoms with Crippen LogP contribution < -0.4 is 0 Å². The van der Waals surface area contributed by atoms with E-state index in [9.17, 15) is 30.8 Å². The number of fused-ring (bicyclic) bond motifs is 3. The highest BCUT2D eigenvalue weighted by Crippen LogP contribution is 2.48. The van der Waals surface area contributed by atoms with Gasteiger partial charge in [-0.25, -0.2) is 32.1 Å². The first-order chi connectivity index (χ1) is 18.1. The minimum absolute atomic E-state index is 0.107. The number of hydrogen-bond acceptors (Lipinski definition) is 6. The molecule has 1 aliphatic heterocycles. The first kappa shape index (κ1) is 27.3. The van der Waals surface area contributed by atoms with Crippen LogP contribution in [0.4, 0.5) is 22.0 Å². The summed E-state index contributed by atoms with van der Waals surface area (Å²) in [6.07, 6.45) is -2.25. The Kier molecular flexibility index (Phi) is 6.39. The third-order valence-electron chi connectivity index (χ3n) is 7.54. The molecule has 1 amide bonds. The Bertz CT molecular complexity index is 1630. The number of hydrogen-bond donors (Lipinski definition) is 0. The summed E-state index contributed by atoms with van der Waals surface area (Å²) >= 11 is 0. The van der Waals surface area contributed by atoms with Crippen LogP contribution in [0.5, 0.6) is 0 Å². The summed E-state index contributed by atoms with van der Waals surface area (Å²) in [7, 11) is -2.45. The third-order valence-corrected chi connectivity index (χ3v) is 9.26. The van der Waals surface area contributed by atoms with E-state index in [0.29, 0.717) is 33.5 Å². The highest BCUT2D eigenvalue weighted by molar-refractivity contribution is 7.91. The van der Waals surface area contributed by atoms with Gasteiger partial charge in [-0.3, -0.25) is 0 Å². The number of carbonyl (C=O) groups excluding carboxylic acids is 1. The van der Waals surface area contributed by atoms with Crippen molar-refractivity contribution in [2.24, 2.45) is 5.92 Å². The van der Waals surface area contributed by atoms with Gasteiger partial charge >= 0.3 is 17.8 Å². The lowest BCUT2D eigenvalue weighted by Crippen LogP contribution is -2.41. The van der Waals surface area contributed by atoms with Gasteiger partial charge in [-0.1, -0.05) is 13.8 Å². The van der Waals surface area contributed by atoms with Crippen molar-refractivity contribution in [2.75, 3.05) is 18.6 Å². The Labute approximate surface area is 220 Å². The summed E-state index contributed by atoms with van der Waals surface area (Å²) in [5.41, 5.74) is -1.26. The first-order valence-corrected chi connectivity index (χ1v) is 14.0. The molecule has 0 N–H and O–H groups in total. The lowest BCUT2D eigenvalue weighted by atomic mass is 9.87. The zero-order valence-electron chi connectivity index (χ0n) is 21.3. The minimum Gasteiger partial charge on any atom is -0.247 e. The van der Waals surface area contributed by atoms with Crippen LogP contribution in [0.1, 0.15) is 61.5 Å². The van der Waals surface area contributed by atoms with E-state index in [0.717, 1.165) is 19.3 Å². The normalized spacial score (nSPS) is 21.6. The van der Waals surface area contributed by atoms with Crippen LogP contribution >= 0.6 is 0 Å². The van der Waals surface area contributed by atoms with Gasteiger partial charge in [-0.05, 0) is 30.9 Å². The molecule has 1 atom stereocenters. The number of alkyl halides is 3. The van der Waals surface area contributed by atoms with E-state index >= 15 is 4.39 Å². The monoisotopic (exact) mass is 570 g/mol. The Morgan fingerprint density at radius 3 is 2.38 bits per heavy atom. The second-order valence-electron chi connectivity index (χ2n) is 10.7. The second kappa shape index (κ2) is 9.14. The molecule has 0 unspecified atom stereocenters. The number of carbonyl (C=O) groups is 1. The largest absolute Gasteiger partial charge is 0.480 e. The maximum absolute atomic E-state index is 15.4. The van der Waals surface area contributed by atoms with Crippen LogP contribution in [0.2, 0.25) is 0 Å². The highest BCUT2D eigenvalue weighted by Gasteiger charge is 2.50. The fourth-order valence-corrected chi connectivity index (χ4v) is 7.18. The number of aromatic nitrogens is 4. The van der Waals surface area contributed by atoms with Crippen molar-refractivity contribution in [3.8, 4) is 0 Å². The van der Waals surface area contributed by atoms with Crippen LogP contribution in [-0.4, -0.2) is 68.9 Å². The van der Waals surface area contributed by atoms with Crippen molar-refractivity contribution >= 4 is 27.1 Å². The molecule has 1 fully saturated rings. The summed E-state index contributed by atoms with van der Waals surface area (Å²) in [6.45, 7) is 3.80. The van der Waals surface area contributed by atoms with Crippen molar-refractivity contribution in [1.29, 1.82) is 0 Å². The molecule has 39 heavy (non-hydrogen) atoms. The van der Waals surface area contributed by atoms with Crippen molar-refractivity contribution in [2.45, 2.75) is 50.6 Å². The fraction of sp³-hybridized carbons (Fsp3) is 0.480. The van der Waals surface area contributed by atoms with Crippen LogP contribution in [-0.2, 0) is 20.0 Å². The van der Waals surface area contributed by atoms with E-state index in [1.165, 1.54) is 16.8 Å². The van der Waals surface area contributed by atoms with Crippen LogP contribution in [0.3, 0.4) is 0 Å². The number of sulfone groups is 1. The predicted molar refractivity (Wildman–Crippen MR) is 129 cm³/mol. The van der Waals surface area contributed by atoms with E-state index in [1.54, 1.807) is 0 Å². The molecule has 0 radical (unpaired) electrons. The average molecular weight is 571 g/mol. The van der Waals surface area contributed by atoms with Crippen LogP contribution in [0, 0.1) is 17.7 Å². The van der Waals surface area contributed by atoms with E-state index in [-0.39, 0.29) is 24.3 Å². The average Bonchev–Trinajstić information content (AvgIpc) is 3.34. The number of nitrogens with zero attached hydrogens (tertiary/aromatic N) is 5. The molecule has 1 saturated heterocycles. The molecular formula is C25H25F5N5O3S+. The van der Waals surface area contributed by atoms with Crippen LogP contribution in [0.25, 0.3) is 5.65 Å². The van der Waals surface area contributed by atoms with Gasteiger partial charge < -0.3 is 0 Å². The van der Waals surface area contributed by atoms with Gasteiger partial charge in [0, 0.05) is 35.4 Å². The number of pyridine rings is 1. The number of halogens is 5. The molecule has 208 valence electrons. The molecule has 3 aromatic rings.